The van der Waals surface area contributed by atoms with E-state index < -0.39 is 0 Å². The number of thioether (sulfide) groups is 1. The molecule has 1 aromatic carbocycles. The molecule has 4 rings (SSSR count). The molecule has 2 amide bonds. The van der Waals surface area contributed by atoms with Crippen LogP contribution >= 0.6 is 24.2 Å². The van der Waals surface area contributed by atoms with Gasteiger partial charge in [0, 0.05) is 67.9 Å². The van der Waals surface area contributed by atoms with Gasteiger partial charge in [-0.15, -0.1) is 24.2 Å². The topological polar surface area (TPSA) is 64.7 Å². The first-order valence-corrected chi connectivity index (χ1v) is 10.00. The second-order valence-corrected chi connectivity index (χ2v) is 7.97. The van der Waals surface area contributed by atoms with Gasteiger partial charge in [0.05, 0.1) is 5.69 Å². The molecular weight excluding hydrogens is 372 g/mol. The van der Waals surface area contributed by atoms with E-state index in [9.17, 15) is 9.59 Å². The molecule has 1 aromatic rings. The number of carbonyl (C=O) groups excluding carboxylic acids is 2. The minimum absolute atomic E-state index is 0. The Morgan fingerprint density at radius 3 is 2.81 bits per heavy atom. The minimum atomic E-state index is 0. The van der Waals surface area contributed by atoms with Crippen molar-refractivity contribution in [2.45, 2.75) is 23.8 Å². The van der Waals surface area contributed by atoms with Gasteiger partial charge in [-0.3, -0.25) is 14.5 Å². The molecule has 0 radical (unpaired) electrons. The van der Waals surface area contributed by atoms with Gasteiger partial charge in [0.1, 0.15) is 0 Å². The van der Waals surface area contributed by atoms with E-state index in [4.69, 9.17) is 0 Å². The molecule has 1 unspecified atom stereocenters. The minimum Gasteiger partial charge on any atom is -0.337 e. The van der Waals surface area contributed by atoms with Crippen LogP contribution in [-0.4, -0.2) is 72.7 Å². The predicted molar refractivity (Wildman–Crippen MR) is 106 cm³/mol. The van der Waals surface area contributed by atoms with Crippen molar-refractivity contribution in [1.29, 1.82) is 0 Å². The molecule has 8 heteroatoms. The van der Waals surface area contributed by atoms with Crippen LogP contribution in [0.25, 0.3) is 0 Å². The third kappa shape index (κ3) is 4.17. The number of carbonyl (C=O) groups is 2. The van der Waals surface area contributed by atoms with Gasteiger partial charge < -0.3 is 15.5 Å². The van der Waals surface area contributed by atoms with Crippen LogP contribution in [0.1, 0.15) is 23.2 Å². The monoisotopic (exact) mass is 396 g/mol. The van der Waals surface area contributed by atoms with Crippen LogP contribution in [0.3, 0.4) is 0 Å². The van der Waals surface area contributed by atoms with Crippen molar-refractivity contribution in [1.82, 2.24) is 15.1 Å². The number of halogens is 1. The Bertz CT molecular complexity index is 681. The zero-order valence-electron chi connectivity index (χ0n) is 14.7. The molecule has 2 fully saturated rings. The molecule has 26 heavy (non-hydrogen) atoms. The summed E-state index contributed by atoms with van der Waals surface area (Å²) >= 11 is 1.66. The number of amides is 2. The van der Waals surface area contributed by atoms with Crippen LogP contribution in [0.4, 0.5) is 5.69 Å². The summed E-state index contributed by atoms with van der Waals surface area (Å²) in [6.07, 6.45) is 1.56. The number of hydrogen-bond acceptors (Lipinski definition) is 5. The number of hydrogen-bond donors (Lipinski definition) is 2. The van der Waals surface area contributed by atoms with Crippen molar-refractivity contribution in [3.05, 3.63) is 23.8 Å². The van der Waals surface area contributed by atoms with Gasteiger partial charge in [-0.2, -0.15) is 0 Å². The molecule has 0 aromatic heterocycles. The third-order valence-corrected chi connectivity index (χ3v) is 6.28. The van der Waals surface area contributed by atoms with Crippen LogP contribution in [0.15, 0.2) is 23.1 Å². The Hall–Kier alpha value is -1.28. The number of piperazine rings is 1. The number of benzene rings is 1. The maximum absolute atomic E-state index is 12.9. The predicted octanol–water partition coefficient (Wildman–Crippen LogP) is 1.66. The quantitative estimate of drug-likeness (QED) is 0.796. The summed E-state index contributed by atoms with van der Waals surface area (Å²) in [5, 5.41) is 6.30. The van der Waals surface area contributed by atoms with Gasteiger partial charge in [0.25, 0.3) is 5.91 Å². The molecular formula is C18H25ClN4O2S. The fraction of sp³-hybridized carbons (Fsp3) is 0.556. The van der Waals surface area contributed by atoms with Crippen molar-refractivity contribution < 1.29 is 9.59 Å². The molecule has 0 bridgehead atoms. The van der Waals surface area contributed by atoms with Crippen molar-refractivity contribution in [2.24, 2.45) is 0 Å². The van der Waals surface area contributed by atoms with Gasteiger partial charge in [-0.25, -0.2) is 0 Å². The summed E-state index contributed by atoms with van der Waals surface area (Å²) in [5.74, 6) is 0.879. The fourth-order valence-electron chi connectivity index (χ4n) is 3.81. The van der Waals surface area contributed by atoms with Crippen LogP contribution in [0, 0.1) is 0 Å². The van der Waals surface area contributed by atoms with E-state index in [0.29, 0.717) is 18.0 Å². The van der Waals surface area contributed by atoms with E-state index in [-0.39, 0.29) is 24.2 Å². The lowest BCUT2D eigenvalue weighted by atomic mass is 10.1. The standard InChI is InChI=1S/C18H24N4O2S.ClH/c23-17-4-10-25-16-2-1-13(11-15(16)20-17)18(24)22-7-3-14(12-22)21-8-5-19-6-9-21;/h1-2,11,14,19H,3-10,12H2,(H,20,23);1H. The summed E-state index contributed by atoms with van der Waals surface area (Å²) in [4.78, 5) is 30.2. The average molecular weight is 397 g/mol. The van der Waals surface area contributed by atoms with Gasteiger partial charge in [-0.1, -0.05) is 0 Å². The SMILES string of the molecule is Cl.O=C1CCSc2ccc(C(=O)N3CCC(N4CCNCC4)C3)cc2N1. The molecule has 2 saturated heterocycles. The van der Waals surface area contributed by atoms with Gasteiger partial charge >= 0.3 is 0 Å². The number of nitrogens with zero attached hydrogens (tertiary/aromatic N) is 2. The number of nitrogens with one attached hydrogen (secondary N) is 2. The highest BCUT2D eigenvalue weighted by atomic mass is 35.5. The lowest BCUT2D eigenvalue weighted by Gasteiger charge is -2.32. The number of fused-ring (bicyclic) bond motifs is 1. The first-order valence-electron chi connectivity index (χ1n) is 9.01. The first-order chi connectivity index (χ1) is 12.2. The zero-order valence-corrected chi connectivity index (χ0v) is 16.3. The van der Waals surface area contributed by atoms with Crippen molar-refractivity contribution >= 4 is 41.7 Å². The van der Waals surface area contributed by atoms with E-state index in [1.807, 2.05) is 23.1 Å². The number of rotatable bonds is 2. The van der Waals surface area contributed by atoms with E-state index >= 15 is 0 Å². The van der Waals surface area contributed by atoms with Crippen LogP contribution in [-0.2, 0) is 4.79 Å². The van der Waals surface area contributed by atoms with Crippen LogP contribution in [0.2, 0.25) is 0 Å². The van der Waals surface area contributed by atoms with E-state index in [2.05, 4.69) is 15.5 Å². The maximum Gasteiger partial charge on any atom is 0.253 e. The molecule has 6 nitrogen and oxygen atoms in total. The summed E-state index contributed by atoms with van der Waals surface area (Å²) in [6.45, 7) is 5.81. The van der Waals surface area contributed by atoms with Crippen LogP contribution in [0.5, 0.6) is 0 Å². The zero-order chi connectivity index (χ0) is 17.2. The fourth-order valence-corrected chi connectivity index (χ4v) is 4.74. The van der Waals surface area contributed by atoms with Crippen LogP contribution < -0.4 is 10.6 Å². The Morgan fingerprint density at radius 2 is 2.00 bits per heavy atom. The Kier molecular flexibility index (Phi) is 6.45. The van der Waals surface area contributed by atoms with E-state index in [0.717, 1.165) is 62.0 Å². The largest absolute Gasteiger partial charge is 0.337 e. The molecule has 3 heterocycles. The summed E-state index contributed by atoms with van der Waals surface area (Å²) in [5.41, 5.74) is 1.44. The normalized spacial score (nSPS) is 23.6. The molecule has 2 N–H and O–H groups in total. The average Bonchev–Trinajstić information content (AvgIpc) is 3.05. The summed E-state index contributed by atoms with van der Waals surface area (Å²) in [6, 6.07) is 6.17. The van der Waals surface area contributed by atoms with Gasteiger partial charge in [0.2, 0.25) is 5.91 Å². The Balaban J connectivity index is 0.00000196. The highest BCUT2D eigenvalue weighted by molar-refractivity contribution is 7.99. The lowest BCUT2D eigenvalue weighted by molar-refractivity contribution is -0.115. The highest BCUT2D eigenvalue weighted by Gasteiger charge is 2.31. The van der Waals surface area contributed by atoms with Crippen molar-refractivity contribution in [3.63, 3.8) is 0 Å². The summed E-state index contributed by atoms with van der Waals surface area (Å²) < 4.78 is 0. The van der Waals surface area contributed by atoms with Crippen molar-refractivity contribution in [3.8, 4) is 0 Å². The molecule has 0 saturated carbocycles. The Morgan fingerprint density at radius 1 is 1.19 bits per heavy atom. The molecule has 0 spiro atoms. The van der Waals surface area contributed by atoms with E-state index in [1.54, 1.807) is 11.8 Å². The van der Waals surface area contributed by atoms with Gasteiger partial charge in [-0.05, 0) is 24.6 Å². The molecule has 142 valence electrons. The number of anilines is 1. The molecule has 1 atom stereocenters. The molecule has 3 aliphatic heterocycles. The third-order valence-electron chi connectivity index (χ3n) is 5.21. The van der Waals surface area contributed by atoms with Gasteiger partial charge in [0.15, 0.2) is 0 Å². The Labute approximate surface area is 164 Å². The molecule has 3 aliphatic rings. The van der Waals surface area contributed by atoms with Crippen molar-refractivity contribution in [2.75, 3.05) is 50.3 Å². The lowest BCUT2D eigenvalue weighted by Crippen LogP contribution is -2.49. The first kappa shape index (κ1) is 19.5. The number of likely N-dealkylation sites (tertiary alicyclic amines) is 1. The maximum atomic E-state index is 12.9. The highest BCUT2D eigenvalue weighted by Crippen LogP contribution is 2.32. The second kappa shape index (κ2) is 8.61. The second-order valence-electron chi connectivity index (χ2n) is 6.84. The molecule has 0 aliphatic carbocycles. The smallest absolute Gasteiger partial charge is 0.253 e. The summed E-state index contributed by atoms with van der Waals surface area (Å²) in [7, 11) is 0. The van der Waals surface area contributed by atoms with E-state index in [1.165, 1.54) is 0 Å².